The van der Waals surface area contributed by atoms with Gasteiger partial charge in [-0.05, 0) is 19.2 Å². The lowest BCUT2D eigenvalue weighted by Gasteiger charge is -2.13. The van der Waals surface area contributed by atoms with Crippen molar-refractivity contribution < 1.29 is 22.7 Å². The van der Waals surface area contributed by atoms with Crippen LogP contribution in [0, 0.1) is 0 Å². The molecule has 0 bridgehead atoms. The number of nitrogens with one attached hydrogen (secondary N) is 2. The second-order valence-electron chi connectivity index (χ2n) is 3.80. The molecule has 0 unspecified atom stereocenters. The Morgan fingerprint density at radius 3 is 2.55 bits per heavy atom. The fraction of sp³-hybridized carbons (Fsp3) is 0.417. The number of halogens is 4. The summed E-state index contributed by atoms with van der Waals surface area (Å²) in [4.78, 5) is 11.5. The van der Waals surface area contributed by atoms with Crippen molar-refractivity contribution >= 4 is 24.0 Å². The number of hydrogen-bond acceptors (Lipinski definition) is 3. The molecule has 0 heterocycles. The van der Waals surface area contributed by atoms with Crippen LogP contribution in [-0.4, -0.2) is 32.3 Å². The fourth-order valence-corrected chi connectivity index (χ4v) is 1.31. The standard InChI is InChI=1S/C12H15F3N2O2.ClH/c1-16-7-6-11(18)17-9-4-2-3-5-10(9)19-8-12(13,14)15;/h2-5,16H,6-8H2,1H3,(H,17,18);1H. The van der Waals surface area contributed by atoms with Gasteiger partial charge in [0.05, 0.1) is 5.69 Å². The van der Waals surface area contributed by atoms with Crippen molar-refractivity contribution in [1.82, 2.24) is 5.32 Å². The van der Waals surface area contributed by atoms with Crippen LogP contribution in [0.2, 0.25) is 0 Å². The highest BCUT2D eigenvalue weighted by Crippen LogP contribution is 2.26. The van der Waals surface area contributed by atoms with Crippen molar-refractivity contribution in [3.63, 3.8) is 0 Å². The van der Waals surface area contributed by atoms with Gasteiger partial charge in [-0.2, -0.15) is 13.2 Å². The van der Waals surface area contributed by atoms with Crippen LogP contribution in [-0.2, 0) is 4.79 Å². The summed E-state index contributed by atoms with van der Waals surface area (Å²) in [6.07, 6.45) is -4.19. The third-order valence-corrected chi connectivity index (χ3v) is 2.15. The van der Waals surface area contributed by atoms with Crippen LogP contribution in [0.5, 0.6) is 5.75 Å². The van der Waals surface area contributed by atoms with Crippen LogP contribution in [0.4, 0.5) is 18.9 Å². The first-order chi connectivity index (χ1) is 8.92. The zero-order chi connectivity index (χ0) is 14.3. The molecule has 8 heteroatoms. The van der Waals surface area contributed by atoms with E-state index in [1.54, 1.807) is 13.1 Å². The van der Waals surface area contributed by atoms with Crippen LogP contribution in [0.1, 0.15) is 6.42 Å². The van der Waals surface area contributed by atoms with E-state index >= 15 is 0 Å². The Bertz CT molecular complexity index is 427. The van der Waals surface area contributed by atoms with Gasteiger partial charge in [0.25, 0.3) is 0 Å². The maximum atomic E-state index is 12.1. The van der Waals surface area contributed by atoms with Gasteiger partial charge in [0, 0.05) is 13.0 Å². The lowest BCUT2D eigenvalue weighted by Crippen LogP contribution is -2.21. The van der Waals surface area contributed by atoms with E-state index in [4.69, 9.17) is 0 Å². The number of anilines is 1. The van der Waals surface area contributed by atoms with E-state index in [1.807, 2.05) is 0 Å². The van der Waals surface area contributed by atoms with Crippen LogP contribution in [0.15, 0.2) is 24.3 Å². The minimum absolute atomic E-state index is 0. The van der Waals surface area contributed by atoms with E-state index in [0.29, 0.717) is 6.54 Å². The van der Waals surface area contributed by atoms with Crippen LogP contribution >= 0.6 is 12.4 Å². The molecular formula is C12H16ClF3N2O2. The maximum Gasteiger partial charge on any atom is 0.422 e. The molecule has 0 saturated carbocycles. The van der Waals surface area contributed by atoms with Crippen molar-refractivity contribution in [2.75, 3.05) is 25.5 Å². The molecule has 0 aliphatic heterocycles. The van der Waals surface area contributed by atoms with Crippen molar-refractivity contribution in [1.29, 1.82) is 0 Å². The van der Waals surface area contributed by atoms with E-state index in [1.165, 1.54) is 18.2 Å². The highest BCUT2D eigenvalue weighted by Gasteiger charge is 2.28. The molecule has 0 saturated heterocycles. The summed E-state index contributed by atoms with van der Waals surface area (Å²) in [7, 11) is 1.70. The summed E-state index contributed by atoms with van der Waals surface area (Å²) in [5.41, 5.74) is 0.229. The van der Waals surface area contributed by atoms with Gasteiger partial charge in [-0.1, -0.05) is 12.1 Å². The van der Waals surface area contributed by atoms with Gasteiger partial charge in [-0.25, -0.2) is 0 Å². The molecule has 0 aliphatic carbocycles. The van der Waals surface area contributed by atoms with Crippen molar-refractivity contribution in [2.45, 2.75) is 12.6 Å². The van der Waals surface area contributed by atoms with Crippen molar-refractivity contribution in [3.8, 4) is 5.75 Å². The summed E-state index contributed by atoms with van der Waals surface area (Å²) < 4.78 is 40.9. The maximum absolute atomic E-state index is 12.1. The van der Waals surface area contributed by atoms with E-state index in [2.05, 4.69) is 15.4 Å². The van der Waals surface area contributed by atoms with E-state index < -0.39 is 12.8 Å². The zero-order valence-corrected chi connectivity index (χ0v) is 11.6. The number of para-hydroxylation sites is 2. The number of benzene rings is 1. The van der Waals surface area contributed by atoms with Gasteiger partial charge in [0.1, 0.15) is 5.75 Å². The highest BCUT2D eigenvalue weighted by molar-refractivity contribution is 5.92. The molecule has 0 spiro atoms. The largest absolute Gasteiger partial charge is 0.482 e. The Morgan fingerprint density at radius 1 is 1.30 bits per heavy atom. The monoisotopic (exact) mass is 312 g/mol. The lowest BCUT2D eigenvalue weighted by molar-refractivity contribution is -0.153. The Kier molecular flexibility index (Phi) is 8.02. The average Bonchev–Trinajstić information content (AvgIpc) is 2.34. The van der Waals surface area contributed by atoms with Crippen molar-refractivity contribution in [3.05, 3.63) is 24.3 Å². The number of ether oxygens (including phenoxy) is 1. The third kappa shape index (κ3) is 7.20. The molecule has 0 atom stereocenters. The summed E-state index contributed by atoms with van der Waals surface area (Å²) in [6, 6.07) is 6.01. The summed E-state index contributed by atoms with van der Waals surface area (Å²) in [6.45, 7) is -0.909. The minimum Gasteiger partial charge on any atom is -0.482 e. The normalized spacial score (nSPS) is 10.6. The highest BCUT2D eigenvalue weighted by atomic mass is 35.5. The predicted octanol–water partition coefficient (Wildman–Crippen LogP) is 2.60. The topological polar surface area (TPSA) is 50.4 Å². The van der Waals surface area contributed by atoms with Crippen LogP contribution in [0.3, 0.4) is 0 Å². The minimum atomic E-state index is -4.41. The molecule has 114 valence electrons. The molecule has 2 N–H and O–H groups in total. The average molecular weight is 313 g/mol. The summed E-state index contributed by atoms with van der Waals surface area (Å²) in [5, 5.41) is 5.31. The van der Waals surface area contributed by atoms with E-state index in [-0.39, 0.29) is 36.2 Å². The van der Waals surface area contributed by atoms with Gasteiger partial charge in [0.15, 0.2) is 6.61 Å². The quantitative estimate of drug-likeness (QED) is 0.849. The number of amides is 1. The lowest BCUT2D eigenvalue weighted by atomic mass is 10.2. The molecule has 1 aromatic rings. The van der Waals surface area contributed by atoms with E-state index in [0.717, 1.165) is 0 Å². The molecule has 0 radical (unpaired) electrons. The van der Waals surface area contributed by atoms with Crippen molar-refractivity contribution in [2.24, 2.45) is 0 Å². The van der Waals surface area contributed by atoms with Gasteiger partial charge >= 0.3 is 6.18 Å². The summed E-state index contributed by atoms with van der Waals surface area (Å²) in [5.74, 6) is -0.296. The molecule has 1 aromatic carbocycles. The fourth-order valence-electron chi connectivity index (χ4n) is 1.31. The first-order valence-corrected chi connectivity index (χ1v) is 5.65. The molecular weight excluding hydrogens is 297 g/mol. The van der Waals surface area contributed by atoms with Gasteiger partial charge < -0.3 is 15.4 Å². The number of alkyl halides is 3. The smallest absolute Gasteiger partial charge is 0.422 e. The van der Waals surface area contributed by atoms with Crippen LogP contribution < -0.4 is 15.4 Å². The molecule has 1 rings (SSSR count). The SMILES string of the molecule is CNCCC(=O)Nc1ccccc1OCC(F)(F)F.Cl. The Balaban J connectivity index is 0.00000361. The van der Waals surface area contributed by atoms with Gasteiger partial charge in [-0.15, -0.1) is 12.4 Å². The van der Waals surface area contributed by atoms with Gasteiger partial charge in [-0.3, -0.25) is 4.79 Å². The molecule has 0 aliphatic rings. The van der Waals surface area contributed by atoms with Gasteiger partial charge in [0.2, 0.25) is 5.91 Å². The predicted molar refractivity (Wildman–Crippen MR) is 72.4 cm³/mol. The summed E-state index contributed by atoms with van der Waals surface area (Å²) >= 11 is 0. The zero-order valence-electron chi connectivity index (χ0n) is 10.8. The Morgan fingerprint density at radius 2 is 1.95 bits per heavy atom. The number of rotatable bonds is 6. The van der Waals surface area contributed by atoms with Crippen LogP contribution in [0.25, 0.3) is 0 Å². The molecule has 20 heavy (non-hydrogen) atoms. The van der Waals surface area contributed by atoms with E-state index in [9.17, 15) is 18.0 Å². The number of hydrogen-bond donors (Lipinski definition) is 2. The first kappa shape index (κ1) is 18.5. The molecule has 4 nitrogen and oxygen atoms in total. The molecule has 1 amide bonds. The third-order valence-electron chi connectivity index (χ3n) is 2.15. The Labute approximate surface area is 121 Å². The Hall–Kier alpha value is -1.47. The second-order valence-corrected chi connectivity index (χ2v) is 3.80. The number of carbonyl (C=O) groups excluding carboxylic acids is 1. The molecule has 0 aromatic heterocycles. The first-order valence-electron chi connectivity index (χ1n) is 5.65. The molecule has 0 fully saturated rings. The second kappa shape index (κ2) is 8.65. The number of carbonyl (C=O) groups is 1.